The van der Waals surface area contributed by atoms with Crippen molar-refractivity contribution in [3.05, 3.63) is 59.5 Å². The number of rotatable bonds is 5. The van der Waals surface area contributed by atoms with E-state index >= 15 is 0 Å². The molecule has 2 aromatic rings. The minimum absolute atomic E-state index is 0.167. The van der Waals surface area contributed by atoms with Crippen molar-refractivity contribution in [3.63, 3.8) is 0 Å². The monoisotopic (exact) mass is 316 g/mol. The summed E-state index contributed by atoms with van der Waals surface area (Å²) >= 11 is 0. The fourth-order valence-electron chi connectivity index (χ4n) is 2.15. The Morgan fingerprint density at radius 1 is 1.26 bits per heavy atom. The normalized spacial score (nSPS) is 11.6. The van der Waals surface area contributed by atoms with Crippen molar-refractivity contribution >= 4 is 17.8 Å². The summed E-state index contributed by atoms with van der Waals surface area (Å²) < 4.78 is 13.9. The molecule has 0 aliphatic heterocycles. The number of aromatic nitrogens is 1. The van der Waals surface area contributed by atoms with Crippen molar-refractivity contribution in [1.29, 1.82) is 0 Å². The molecule has 23 heavy (non-hydrogen) atoms. The topological polar surface area (TPSA) is 97.1 Å². The van der Waals surface area contributed by atoms with Gasteiger partial charge in [-0.3, -0.25) is 4.79 Å². The molecule has 0 spiro atoms. The molecular weight excluding hydrogens is 299 g/mol. The van der Waals surface area contributed by atoms with E-state index in [1.807, 2.05) is 0 Å². The predicted octanol–water partition coefficient (Wildman–Crippen LogP) is 2.27. The molecule has 1 heterocycles. The highest BCUT2D eigenvalue weighted by Gasteiger charge is 2.20. The van der Waals surface area contributed by atoms with Gasteiger partial charge in [-0.2, -0.15) is 0 Å². The van der Waals surface area contributed by atoms with Gasteiger partial charge in [-0.1, -0.05) is 24.3 Å². The first-order chi connectivity index (χ1) is 11.0. The Hall–Kier alpha value is -2.96. The molecule has 7 heteroatoms. The van der Waals surface area contributed by atoms with Crippen molar-refractivity contribution < 1.29 is 14.0 Å². The number of halogens is 1. The lowest BCUT2D eigenvalue weighted by molar-refractivity contribution is -0.116. The molecule has 120 valence electrons. The van der Waals surface area contributed by atoms with Gasteiger partial charge in [0.25, 0.3) is 0 Å². The van der Waals surface area contributed by atoms with Crippen LogP contribution in [0.4, 0.5) is 15.0 Å². The van der Waals surface area contributed by atoms with Crippen molar-refractivity contribution in [2.75, 3.05) is 5.32 Å². The second-order valence-corrected chi connectivity index (χ2v) is 5.00. The molecule has 0 fully saturated rings. The van der Waals surface area contributed by atoms with Crippen LogP contribution >= 0.6 is 0 Å². The average molecular weight is 316 g/mol. The van der Waals surface area contributed by atoms with Crippen LogP contribution in [-0.4, -0.2) is 16.9 Å². The molecule has 3 amide bonds. The van der Waals surface area contributed by atoms with Gasteiger partial charge in [0.15, 0.2) is 0 Å². The number of pyridine rings is 1. The number of hydrogen-bond acceptors (Lipinski definition) is 3. The van der Waals surface area contributed by atoms with Gasteiger partial charge < -0.3 is 16.4 Å². The molecule has 0 saturated carbocycles. The van der Waals surface area contributed by atoms with Gasteiger partial charge in [-0.25, -0.2) is 14.2 Å². The maximum Gasteiger partial charge on any atom is 0.312 e. The minimum atomic E-state index is -0.863. The number of aryl methyl sites for hydroxylation is 1. The second-order valence-electron chi connectivity index (χ2n) is 5.00. The molecule has 0 bridgehead atoms. The zero-order valence-corrected chi connectivity index (χ0v) is 12.5. The fraction of sp³-hybridized carbons (Fsp3) is 0.188. The minimum Gasteiger partial charge on any atom is -0.352 e. The quantitative estimate of drug-likeness (QED) is 0.789. The van der Waals surface area contributed by atoms with E-state index in [1.54, 1.807) is 31.3 Å². The van der Waals surface area contributed by atoms with Crippen LogP contribution in [0.2, 0.25) is 0 Å². The molecule has 1 aromatic heterocycles. The van der Waals surface area contributed by atoms with Gasteiger partial charge in [0, 0.05) is 11.8 Å². The summed E-state index contributed by atoms with van der Waals surface area (Å²) in [5, 5.41) is 5.02. The predicted molar refractivity (Wildman–Crippen MR) is 84.1 cm³/mol. The standard InChI is InChI=1S/C16H17FN4O2/c1-10-5-4-8-19-15(10)21-14(22)9-13(20-16(18)23)11-6-2-3-7-12(11)17/h2-8,13H,9H2,1H3,(H3,18,20,23)(H,19,21,22)/t13-/m1/s1. The Morgan fingerprint density at radius 2 is 2.00 bits per heavy atom. The number of amides is 3. The Kier molecular flexibility index (Phi) is 5.24. The Bertz CT molecular complexity index is 721. The number of primary amides is 1. The molecule has 0 radical (unpaired) electrons. The largest absolute Gasteiger partial charge is 0.352 e. The third kappa shape index (κ3) is 4.50. The lowest BCUT2D eigenvalue weighted by Crippen LogP contribution is -2.35. The summed E-state index contributed by atoms with van der Waals surface area (Å²) in [6.45, 7) is 1.80. The van der Waals surface area contributed by atoms with Crippen molar-refractivity contribution in [2.24, 2.45) is 5.73 Å². The van der Waals surface area contributed by atoms with E-state index in [0.29, 0.717) is 5.82 Å². The number of carbonyl (C=O) groups excluding carboxylic acids is 2. The van der Waals surface area contributed by atoms with Gasteiger partial charge in [0.1, 0.15) is 11.6 Å². The molecule has 2 rings (SSSR count). The number of nitrogens with two attached hydrogens (primary N) is 1. The van der Waals surface area contributed by atoms with E-state index < -0.39 is 23.8 Å². The zero-order valence-electron chi connectivity index (χ0n) is 12.5. The third-order valence-corrected chi connectivity index (χ3v) is 3.25. The van der Waals surface area contributed by atoms with E-state index in [2.05, 4.69) is 15.6 Å². The van der Waals surface area contributed by atoms with Gasteiger partial charge in [-0.05, 0) is 24.6 Å². The molecule has 0 unspecified atom stereocenters. The molecule has 4 N–H and O–H groups in total. The SMILES string of the molecule is Cc1cccnc1NC(=O)C[C@@H](NC(N)=O)c1ccccc1F. The summed E-state index contributed by atoms with van der Waals surface area (Å²) in [6.07, 6.45) is 1.39. The first-order valence-electron chi connectivity index (χ1n) is 6.99. The van der Waals surface area contributed by atoms with Crippen molar-refractivity contribution in [3.8, 4) is 0 Å². The summed E-state index contributed by atoms with van der Waals surface area (Å²) in [5.74, 6) is -0.509. The molecule has 0 aliphatic rings. The molecule has 1 aromatic carbocycles. The van der Waals surface area contributed by atoms with Gasteiger partial charge in [0.05, 0.1) is 12.5 Å². The van der Waals surface area contributed by atoms with Crippen LogP contribution in [0, 0.1) is 12.7 Å². The van der Waals surface area contributed by atoms with E-state index in [0.717, 1.165) is 5.56 Å². The highest BCUT2D eigenvalue weighted by molar-refractivity contribution is 5.91. The smallest absolute Gasteiger partial charge is 0.312 e. The number of nitrogens with one attached hydrogen (secondary N) is 2. The number of carbonyl (C=O) groups is 2. The molecule has 6 nitrogen and oxygen atoms in total. The second kappa shape index (κ2) is 7.35. The summed E-state index contributed by atoms with van der Waals surface area (Å²) in [5.41, 5.74) is 6.11. The highest BCUT2D eigenvalue weighted by atomic mass is 19.1. The van der Waals surface area contributed by atoms with Gasteiger partial charge in [0.2, 0.25) is 5.91 Å². The molecular formula is C16H17FN4O2. The Labute approximate surface area is 132 Å². The number of nitrogens with zero attached hydrogens (tertiary/aromatic N) is 1. The highest BCUT2D eigenvalue weighted by Crippen LogP contribution is 2.21. The van der Waals surface area contributed by atoms with E-state index in [9.17, 15) is 14.0 Å². The van der Waals surface area contributed by atoms with E-state index in [-0.39, 0.29) is 12.0 Å². The van der Waals surface area contributed by atoms with Crippen LogP contribution < -0.4 is 16.4 Å². The number of benzene rings is 1. The number of anilines is 1. The summed E-state index contributed by atoms with van der Waals surface area (Å²) in [4.78, 5) is 27.4. The van der Waals surface area contributed by atoms with E-state index in [4.69, 9.17) is 5.73 Å². The maximum atomic E-state index is 13.9. The lowest BCUT2D eigenvalue weighted by atomic mass is 10.0. The molecule has 0 aliphatic carbocycles. The Morgan fingerprint density at radius 3 is 2.65 bits per heavy atom. The summed E-state index contributed by atoms with van der Waals surface area (Å²) in [6, 6.07) is 7.76. The lowest BCUT2D eigenvalue weighted by Gasteiger charge is -2.18. The van der Waals surface area contributed by atoms with E-state index in [1.165, 1.54) is 18.2 Å². The number of urea groups is 1. The van der Waals surface area contributed by atoms with Crippen LogP contribution in [0.15, 0.2) is 42.6 Å². The van der Waals surface area contributed by atoms with Gasteiger partial charge in [-0.15, -0.1) is 0 Å². The first-order valence-corrected chi connectivity index (χ1v) is 6.99. The summed E-state index contributed by atoms with van der Waals surface area (Å²) in [7, 11) is 0. The van der Waals surface area contributed by atoms with Crippen molar-refractivity contribution in [1.82, 2.24) is 10.3 Å². The maximum absolute atomic E-state index is 13.9. The van der Waals surface area contributed by atoms with Crippen LogP contribution in [0.1, 0.15) is 23.6 Å². The van der Waals surface area contributed by atoms with Crippen LogP contribution in [-0.2, 0) is 4.79 Å². The first kappa shape index (κ1) is 16.4. The molecule has 1 atom stereocenters. The Balaban J connectivity index is 2.15. The van der Waals surface area contributed by atoms with Crippen molar-refractivity contribution in [2.45, 2.75) is 19.4 Å². The fourth-order valence-corrected chi connectivity index (χ4v) is 2.15. The molecule has 0 saturated heterocycles. The van der Waals surface area contributed by atoms with Crippen LogP contribution in [0.25, 0.3) is 0 Å². The average Bonchev–Trinajstić information content (AvgIpc) is 2.49. The zero-order chi connectivity index (χ0) is 16.8. The van der Waals surface area contributed by atoms with Gasteiger partial charge >= 0.3 is 6.03 Å². The van der Waals surface area contributed by atoms with Crippen LogP contribution in [0.5, 0.6) is 0 Å². The van der Waals surface area contributed by atoms with Crippen LogP contribution in [0.3, 0.4) is 0 Å². The number of hydrogen-bond donors (Lipinski definition) is 3. The third-order valence-electron chi connectivity index (χ3n) is 3.25.